The molecule has 0 fully saturated rings. The van der Waals surface area contributed by atoms with Gasteiger partial charge in [-0.1, -0.05) is 41.3 Å². The van der Waals surface area contributed by atoms with Crippen molar-refractivity contribution in [3.05, 3.63) is 57.9 Å². The summed E-state index contributed by atoms with van der Waals surface area (Å²) in [5.41, 5.74) is 1.36. The molecule has 0 amide bonds. The van der Waals surface area contributed by atoms with Crippen molar-refractivity contribution >= 4 is 41.3 Å². The number of para-hydroxylation sites is 1. The maximum Gasteiger partial charge on any atom is 0.341 e. The normalized spacial score (nSPS) is 10.7. The lowest BCUT2D eigenvalue weighted by Gasteiger charge is -2.00. The van der Waals surface area contributed by atoms with Crippen LogP contribution in [0.5, 0.6) is 0 Å². The number of thioether (sulfide) groups is 1. The number of ether oxygens (including phenoxy) is 1. The van der Waals surface area contributed by atoms with Crippen LogP contribution >= 0.6 is 35.3 Å². The Hall–Kier alpha value is -1.90. The average molecular weight is 364 g/mol. The highest BCUT2D eigenvalue weighted by atomic mass is 32.2. The fourth-order valence-corrected chi connectivity index (χ4v) is 4.24. The zero-order valence-corrected chi connectivity index (χ0v) is 14.5. The van der Waals surface area contributed by atoms with E-state index in [1.54, 1.807) is 10.7 Å². The minimum atomic E-state index is -0.406. The lowest BCUT2D eigenvalue weighted by atomic mass is 10.3. The molecule has 8 heteroatoms. The standard InChI is InChI=1S/C15H12N2O3S3/c1-19-13(18)11-7-8-20-12(11)9-22-14-16-17(15(21)23-14)10-5-3-2-4-6-10/h2-8H,9H2,1H3. The monoisotopic (exact) mass is 364 g/mol. The van der Waals surface area contributed by atoms with Gasteiger partial charge in [0.1, 0.15) is 11.3 Å². The van der Waals surface area contributed by atoms with Crippen molar-refractivity contribution in [2.45, 2.75) is 10.1 Å². The van der Waals surface area contributed by atoms with Crippen LogP contribution in [0.1, 0.15) is 16.1 Å². The third kappa shape index (κ3) is 3.54. The number of benzene rings is 1. The number of furan rings is 1. The number of esters is 1. The Kier molecular flexibility index (Phi) is 4.94. The SMILES string of the molecule is COC(=O)c1ccoc1CSc1nn(-c2ccccc2)c(=S)s1. The van der Waals surface area contributed by atoms with Crippen LogP contribution in [-0.2, 0) is 10.5 Å². The maximum atomic E-state index is 11.6. The smallest absolute Gasteiger partial charge is 0.341 e. The van der Waals surface area contributed by atoms with E-state index in [1.165, 1.54) is 36.5 Å². The van der Waals surface area contributed by atoms with Crippen molar-refractivity contribution in [1.82, 2.24) is 9.78 Å². The van der Waals surface area contributed by atoms with Crippen molar-refractivity contribution < 1.29 is 13.9 Å². The van der Waals surface area contributed by atoms with Crippen molar-refractivity contribution in [2.75, 3.05) is 7.11 Å². The van der Waals surface area contributed by atoms with Gasteiger partial charge in [-0.05, 0) is 30.4 Å². The molecule has 0 saturated carbocycles. The Bertz CT molecular complexity index is 867. The fourth-order valence-electron chi connectivity index (χ4n) is 1.92. The van der Waals surface area contributed by atoms with Gasteiger partial charge in [-0.2, -0.15) is 0 Å². The molecule has 23 heavy (non-hydrogen) atoms. The van der Waals surface area contributed by atoms with Gasteiger partial charge in [0.15, 0.2) is 8.29 Å². The van der Waals surface area contributed by atoms with E-state index in [0.717, 1.165) is 10.0 Å². The summed E-state index contributed by atoms with van der Waals surface area (Å²) < 4.78 is 13.3. The van der Waals surface area contributed by atoms with E-state index in [2.05, 4.69) is 5.10 Å². The number of carbonyl (C=O) groups is 1. The predicted octanol–water partition coefficient (Wildman–Crippen LogP) is 4.34. The van der Waals surface area contributed by atoms with Gasteiger partial charge in [-0.3, -0.25) is 0 Å². The Morgan fingerprint density at radius 2 is 2.17 bits per heavy atom. The summed E-state index contributed by atoms with van der Waals surface area (Å²) in [4.78, 5) is 11.6. The maximum absolute atomic E-state index is 11.6. The third-order valence-corrected chi connectivity index (χ3v) is 5.37. The molecule has 3 rings (SSSR count). The number of methoxy groups -OCH3 is 1. The molecule has 0 saturated heterocycles. The van der Waals surface area contributed by atoms with Crippen LogP contribution in [-0.4, -0.2) is 22.9 Å². The zero-order chi connectivity index (χ0) is 16.2. The topological polar surface area (TPSA) is 57.3 Å². The molecule has 0 radical (unpaired) electrons. The van der Waals surface area contributed by atoms with Gasteiger partial charge in [0.25, 0.3) is 0 Å². The summed E-state index contributed by atoms with van der Waals surface area (Å²) in [6.45, 7) is 0. The molecule has 0 aliphatic rings. The highest BCUT2D eigenvalue weighted by molar-refractivity contribution is 8.00. The molecule has 5 nitrogen and oxygen atoms in total. The van der Waals surface area contributed by atoms with E-state index in [0.29, 0.717) is 21.0 Å². The minimum absolute atomic E-state index is 0.406. The van der Waals surface area contributed by atoms with Gasteiger partial charge < -0.3 is 9.15 Å². The van der Waals surface area contributed by atoms with Crippen LogP contribution in [0.4, 0.5) is 0 Å². The first-order valence-electron chi connectivity index (χ1n) is 6.62. The summed E-state index contributed by atoms with van der Waals surface area (Å²) in [6.07, 6.45) is 1.48. The fraction of sp³-hybridized carbons (Fsp3) is 0.133. The number of hydrogen-bond acceptors (Lipinski definition) is 7. The second kappa shape index (κ2) is 7.12. The van der Waals surface area contributed by atoms with Gasteiger partial charge >= 0.3 is 5.97 Å². The highest BCUT2D eigenvalue weighted by Crippen LogP contribution is 2.28. The quantitative estimate of drug-likeness (QED) is 0.381. The Morgan fingerprint density at radius 3 is 2.91 bits per heavy atom. The first-order chi connectivity index (χ1) is 11.2. The van der Waals surface area contributed by atoms with Gasteiger partial charge in [-0.25, -0.2) is 9.48 Å². The lowest BCUT2D eigenvalue weighted by molar-refractivity contribution is 0.0598. The van der Waals surface area contributed by atoms with Gasteiger partial charge in [0, 0.05) is 0 Å². The summed E-state index contributed by atoms with van der Waals surface area (Å²) in [5.74, 6) is 0.639. The van der Waals surface area contributed by atoms with E-state index in [1.807, 2.05) is 30.3 Å². The first kappa shape index (κ1) is 16.0. The Balaban J connectivity index is 1.77. The van der Waals surface area contributed by atoms with Crippen molar-refractivity contribution in [1.29, 1.82) is 0 Å². The van der Waals surface area contributed by atoms with Gasteiger partial charge in [0.05, 0.1) is 24.8 Å². The molecule has 0 N–H and O–H groups in total. The molecule has 2 aromatic heterocycles. The lowest BCUT2D eigenvalue weighted by Crippen LogP contribution is -2.02. The van der Waals surface area contributed by atoms with Crippen molar-refractivity contribution in [2.24, 2.45) is 0 Å². The molecular formula is C15H12N2O3S3. The molecule has 2 heterocycles. The number of hydrogen-bond donors (Lipinski definition) is 0. The Morgan fingerprint density at radius 1 is 1.39 bits per heavy atom. The number of carbonyl (C=O) groups excluding carboxylic acids is 1. The summed E-state index contributed by atoms with van der Waals surface area (Å²) in [6, 6.07) is 11.3. The van der Waals surface area contributed by atoms with E-state index >= 15 is 0 Å². The summed E-state index contributed by atoms with van der Waals surface area (Å²) in [5, 5.41) is 4.51. The number of nitrogens with zero attached hydrogens (tertiary/aromatic N) is 2. The average Bonchev–Trinajstić information content (AvgIpc) is 3.19. The largest absolute Gasteiger partial charge is 0.468 e. The van der Waals surface area contributed by atoms with E-state index < -0.39 is 5.97 Å². The molecule has 0 bridgehead atoms. The molecule has 0 spiro atoms. The van der Waals surface area contributed by atoms with Crippen LogP contribution in [0.2, 0.25) is 0 Å². The summed E-state index contributed by atoms with van der Waals surface area (Å²) in [7, 11) is 1.35. The summed E-state index contributed by atoms with van der Waals surface area (Å²) >= 11 is 8.25. The predicted molar refractivity (Wildman–Crippen MR) is 91.9 cm³/mol. The first-order valence-corrected chi connectivity index (χ1v) is 8.83. The molecule has 0 unspecified atom stereocenters. The van der Waals surface area contributed by atoms with Crippen LogP contribution in [0.15, 0.2) is 51.4 Å². The minimum Gasteiger partial charge on any atom is -0.468 e. The second-order valence-corrected chi connectivity index (χ2v) is 7.26. The van der Waals surface area contributed by atoms with Crippen LogP contribution < -0.4 is 0 Å². The van der Waals surface area contributed by atoms with Gasteiger partial charge in [-0.15, -0.1) is 5.10 Å². The van der Waals surface area contributed by atoms with Crippen molar-refractivity contribution in [3.63, 3.8) is 0 Å². The van der Waals surface area contributed by atoms with Crippen molar-refractivity contribution in [3.8, 4) is 5.69 Å². The molecular weight excluding hydrogens is 352 g/mol. The second-order valence-electron chi connectivity index (χ2n) is 4.42. The molecule has 0 atom stereocenters. The van der Waals surface area contributed by atoms with E-state index in [9.17, 15) is 4.79 Å². The molecule has 0 aliphatic carbocycles. The number of aromatic nitrogens is 2. The van der Waals surface area contributed by atoms with E-state index in [-0.39, 0.29) is 0 Å². The van der Waals surface area contributed by atoms with E-state index in [4.69, 9.17) is 21.4 Å². The van der Waals surface area contributed by atoms with Gasteiger partial charge in [0.2, 0.25) is 0 Å². The van der Waals surface area contributed by atoms with Crippen LogP contribution in [0, 0.1) is 3.95 Å². The molecule has 118 valence electrons. The number of rotatable bonds is 5. The van der Waals surface area contributed by atoms with Crippen LogP contribution in [0.3, 0.4) is 0 Å². The Labute approximate surface area is 145 Å². The highest BCUT2D eigenvalue weighted by Gasteiger charge is 2.16. The third-order valence-electron chi connectivity index (χ3n) is 3.01. The zero-order valence-electron chi connectivity index (χ0n) is 12.1. The molecule has 1 aromatic carbocycles. The molecule has 3 aromatic rings. The van der Waals surface area contributed by atoms with Crippen LogP contribution in [0.25, 0.3) is 5.69 Å². The molecule has 0 aliphatic heterocycles.